The smallest absolute Gasteiger partial charge is 0.244 e. The van der Waals surface area contributed by atoms with E-state index in [-0.39, 0.29) is 18.1 Å². The Morgan fingerprint density at radius 3 is 2.19 bits per heavy atom. The van der Waals surface area contributed by atoms with Crippen molar-refractivity contribution in [2.75, 3.05) is 23.7 Å². The molecule has 0 bridgehead atoms. The summed E-state index contributed by atoms with van der Waals surface area (Å²) in [5, 5.41) is 3.20. The number of benzene rings is 2. The summed E-state index contributed by atoms with van der Waals surface area (Å²) >= 11 is 5.92. The third-order valence-electron chi connectivity index (χ3n) is 4.58. The van der Waals surface area contributed by atoms with E-state index < -0.39 is 34.3 Å². The molecule has 0 aromatic heterocycles. The van der Waals surface area contributed by atoms with Crippen LogP contribution >= 0.6 is 11.6 Å². The number of nitrogens with one attached hydrogen (secondary N) is 1. The van der Waals surface area contributed by atoms with Crippen molar-refractivity contribution in [3.63, 3.8) is 0 Å². The molecular formula is C21H25ClFN3O4S. The van der Waals surface area contributed by atoms with Gasteiger partial charge in [0, 0.05) is 18.1 Å². The predicted molar refractivity (Wildman–Crippen MR) is 119 cm³/mol. The number of nitrogens with zero attached hydrogens (tertiary/aromatic N) is 2. The number of rotatable bonds is 9. The summed E-state index contributed by atoms with van der Waals surface area (Å²) in [5.41, 5.74) is 0.871. The summed E-state index contributed by atoms with van der Waals surface area (Å²) in [6.07, 6.45) is 0.959. The molecule has 2 rings (SSSR count). The minimum atomic E-state index is -3.85. The molecule has 10 heteroatoms. The van der Waals surface area contributed by atoms with Crippen LogP contribution in [-0.2, 0) is 26.2 Å². The number of hydrogen-bond acceptors (Lipinski definition) is 4. The fraction of sp³-hybridized carbons (Fsp3) is 0.333. The molecule has 0 aliphatic rings. The number of anilines is 1. The van der Waals surface area contributed by atoms with Crippen LogP contribution in [0.25, 0.3) is 0 Å². The van der Waals surface area contributed by atoms with Gasteiger partial charge in [0.1, 0.15) is 18.4 Å². The van der Waals surface area contributed by atoms with Gasteiger partial charge in [0.25, 0.3) is 0 Å². The Hall–Kier alpha value is -2.65. The van der Waals surface area contributed by atoms with Crippen molar-refractivity contribution in [3.05, 3.63) is 64.9 Å². The van der Waals surface area contributed by atoms with E-state index in [1.54, 1.807) is 38.1 Å². The van der Waals surface area contributed by atoms with Crippen LogP contribution in [0.1, 0.15) is 19.4 Å². The molecule has 168 valence electrons. The summed E-state index contributed by atoms with van der Waals surface area (Å²) in [7, 11) is -3.85. The van der Waals surface area contributed by atoms with Crippen LogP contribution in [-0.4, -0.2) is 50.5 Å². The number of hydrogen-bond donors (Lipinski definition) is 1. The Balaban J connectivity index is 2.35. The van der Waals surface area contributed by atoms with Crippen molar-refractivity contribution >= 4 is 39.1 Å². The number of sulfonamides is 1. The molecule has 0 aliphatic heterocycles. The van der Waals surface area contributed by atoms with Crippen LogP contribution in [0.3, 0.4) is 0 Å². The largest absolute Gasteiger partial charge is 0.355 e. The van der Waals surface area contributed by atoms with E-state index in [9.17, 15) is 22.4 Å². The fourth-order valence-corrected chi connectivity index (χ4v) is 3.89. The predicted octanol–water partition coefficient (Wildman–Crippen LogP) is 2.80. The number of amides is 2. The molecular weight excluding hydrogens is 445 g/mol. The van der Waals surface area contributed by atoms with Gasteiger partial charge >= 0.3 is 0 Å². The first-order chi connectivity index (χ1) is 14.5. The maximum absolute atomic E-state index is 13.3. The van der Waals surface area contributed by atoms with Gasteiger partial charge < -0.3 is 10.2 Å². The highest BCUT2D eigenvalue weighted by Gasteiger charge is 2.29. The topological polar surface area (TPSA) is 86.8 Å². The molecule has 0 fully saturated rings. The highest BCUT2D eigenvalue weighted by molar-refractivity contribution is 7.92. The molecule has 0 radical (unpaired) electrons. The lowest BCUT2D eigenvalue weighted by Gasteiger charge is -2.31. The van der Waals surface area contributed by atoms with Crippen LogP contribution in [0.15, 0.2) is 48.5 Å². The third-order valence-corrected chi connectivity index (χ3v) is 5.97. The van der Waals surface area contributed by atoms with Crippen LogP contribution in [0, 0.1) is 5.82 Å². The summed E-state index contributed by atoms with van der Waals surface area (Å²) in [5.74, 6) is -1.47. The lowest BCUT2D eigenvalue weighted by Crippen LogP contribution is -2.51. The lowest BCUT2D eigenvalue weighted by molar-refractivity contribution is -0.139. The maximum Gasteiger partial charge on any atom is 0.244 e. The van der Waals surface area contributed by atoms with E-state index in [0.717, 1.165) is 28.3 Å². The highest BCUT2D eigenvalue weighted by Crippen LogP contribution is 2.20. The summed E-state index contributed by atoms with van der Waals surface area (Å²) in [6, 6.07) is 10.7. The second-order valence-electron chi connectivity index (χ2n) is 6.96. The first-order valence-electron chi connectivity index (χ1n) is 9.57. The molecule has 0 unspecified atom stereocenters. The van der Waals surface area contributed by atoms with E-state index >= 15 is 0 Å². The lowest BCUT2D eigenvalue weighted by atomic mass is 10.1. The van der Waals surface area contributed by atoms with Crippen molar-refractivity contribution in [2.45, 2.75) is 26.4 Å². The third kappa shape index (κ3) is 6.93. The Morgan fingerprint density at radius 1 is 1.10 bits per heavy atom. The van der Waals surface area contributed by atoms with E-state index in [1.165, 1.54) is 17.0 Å². The van der Waals surface area contributed by atoms with Gasteiger partial charge in [-0.15, -0.1) is 0 Å². The van der Waals surface area contributed by atoms with Gasteiger partial charge in [-0.05, 0) is 55.8 Å². The minimum Gasteiger partial charge on any atom is -0.355 e. The summed E-state index contributed by atoms with van der Waals surface area (Å²) in [6.45, 7) is 3.26. The average Bonchev–Trinajstić information content (AvgIpc) is 2.71. The van der Waals surface area contributed by atoms with Gasteiger partial charge in [0.15, 0.2) is 0 Å². The van der Waals surface area contributed by atoms with Gasteiger partial charge in [-0.1, -0.05) is 23.7 Å². The second kappa shape index (κ2) is 10.6. The van der Waals surface area contributed by atoms with Crippen molar-refractivity contribution in [1.82, 2.24) is 10.2 Å². The maximum atomic E-state index is 13.3. The van der Waals surface area contributed by atoms with Gasteiger partial charge in [-0.3, -0.25) is 13.9 Å². The van der Waals surface area contributed by atoms with Crippen LogP contribution in [0.4, 0.5) is 10.1 Å². The van der Waals surface area contributed by atoms with Crippen molar-refractivity contribution in [2.24, 2.45) is 0 Å². The van der Waals surface area contributed by atoms with E-state index in [4.69, 9.17) is 11.6 Å². The van der Waals surface area contributed by atoms with Crippen LogP contribution in [0.2, 0.25) is 5.02 Å². The monoisotopic (exact) mass is 469 g/mol. The Kier molecular flexibility index (Phi) is 8.41. The van der Waals surface area contributed by atoms with Crippen LogP contribution in [0.5, 0.6) is 0 Å². The van der Waals surface area contributed by atoms with Crippen LogP contribution < -0.4 is 9.62 Å². The van der Waals surface area contributed by atoms with Crippen molar-refractivity contribution in [3.8, 4) is 0 Å². The van der Waals surface area contributed by atoms with E-state index in [1.807, 2.05) is 0 Å². The van der Waals surface area contributed by atoms with Gasteiger partial charge in [0.2, 0.25) is 21.8 Å². The Morgan fingerprint density at radius 2 is 1.68 bits per heavy atom. The molecule has 31 heavy (non-hydrogen) atoms. The molecule has 2 aromatic carbocycles. The molecule has 2 amide bonds. The highest BCUT2D eigenvalue weighted by atomic mass is 35.5. The van der Waals surface area contributed by atoms with E-state index in [2.05, 4.69) is 5.32 Å². The molecule has 2 aromatic rings. The zero-order valence-electron chi connectivity index (χ0n) is 17.5. The average molecular weight is 470 g/mol. The molecule has 1 N–H and O–H groups in total. The van der Waals surface area contributed by atoms with Gasteiger partial charge in [0.05, 0.1) is 11.9 Å². The second-order valence-corrected chi connectivity index (χ2v) is 9.31. The summed E-state index contributed by atoms with van der Waals surface area (Å²) in [4.78, 5) is 26.9. The van der Waals surface area contributed by atoms with Gasteiger partial charge in [-0.2, -0.15) is 0 Å². The Labute approximate surface area is 186 Å². The van der Waals surface area contributed by atoms with Crippen molar-refractivity contribution < 1.29 is 22.4 Å². The SMILES string of the molecule is CCNC(=O)[C@@H](C)N(Cc1ccc(Cl)cc1)C(=O)CN(c1ccc(F)cc1)S(C)(=O)=O. The zero-order valence-corrected chi connectivity index (χ0v) is 19.1. The molecule has 0 saturated heterocycles. The summed E-state index contributed by atoms with van der Waals surface area (Å²) < 4.78 is 38.9. The number of likely N-dealkylation sites (N-methyl/N-ethyl adjacent to an activating group) is 1. The quantitative estimate of drug-likeness (QED) is 0.611. The number of carbonyl (C=O) groups is 2. The zero-order chi connectivity index (χ0) is 23.2. The normalized spacial score (nSPS) is 12.2. The number of halogens is 2. The fourth-order valence-electron chi connectivity index (χ4n) is 2.91. The molecule has 0 spiro atoms. The molecule has 0 heterocycles. The van der Waals surface area contributed by atoms with Crippen molar-refractivity contribution in [1.29, 1.82) is 0 Å². The molecule has 0 saturated carbocycles. The molecule has 7 nitrogen and oxygen atoms in total. The Bertz CT molecular complexity index is 1010. The minimum absolute atomic E-state index is 0.0787. The standard InChI is InChI=1S/C21H25ClFN3O4S/c1-4-24-21(28)15(2)25(13-16-5-7-17(22)8-6-16)20(27)14-26(31(3,29)30)19-11-9-18(23)10-12-19/h5-12,15H,4,13-14H2,1-3H3,(H,24,28)/t15-/m1/s1. The molecule has 1 atom stereocenters. The first-order valence-corrected chi connectivity index (χ1v) is 11.8. The number of carbonyl (C=O) groups excluding carboxylic acids is 2. The van der Waals surface area contributed by atoms with Gasteiger partial charge in [-0.25, -0.2) is 12.8 Å². The molecule has 0 aliphatic carbocycles. The van der Waals surface area contributed by atoms with E-state index in [0.29, 0.717) is 11.6 Å². The first kappa shape index (κ1) is 24.6.